The fourth-order valence-corrected chi connectivity index (χ4v) is 1.79. The summed E-state index contributed by atoms with van der Waals surface area (Å²) in [6, 6.07) is 4.29. The van der Waals surface area contributed by atoms with E-state index in [-0.39, 0.29) is 11.9 Å². The second-order valence-electron chi connectivity index (χ2n) is 3.75. The van der Waals surface area contributed by atoms with Crippen LogP contribution in [0.3, 0.4) is 0 Å². The second-order valence-corrected chi connectivity index (χ2v) is 3.75. The molecule has 1 N–H and O–H groups in total. The smallest absolute Gasteiger partial charge is 0.215 e. The van der Waals surface area contributed by atoms with Crippen molar-refractivity contribution in [2.45, 2.75) is 6.04 Å². The maximum atomic E-state index is 13.0. The number of benzene rings is 1. The zero-order valence-corrected chi connectivity index (χ0v) is 8.57. The first kappa shape index (κ1) is 9.74. The third kappa shape index (κ3) is 1.68. The molecule has 5 heteroatoms. The van der Waals surface area contributed by atoms with Crippen molar-refractivity contribution in [1.29, 1.82) is 0 Å². The number of oxazole rings is 1. The Bertz CT molecular complexity index is 506. The lowest BCUT2D eigenvalue weighted by molar-refractivity contribution is 0.0687. The van der Waals surface area contributed by atoms with E-state index in [1.165, 1.54) is 12.1 Å². The zero-order valence-electron chi connectivity index (χ0n) is 8.57. The van der Waals surface area contributed by atoms with E-state index in [0.29, 0.717) is 30.2 Å². The van der Waals surface area contributed by atoms with Crippen molar-refractivity contribution in [3.8, 4) is 0 Å². The normalized spacial score (nSPS) is 21.4. The number of ether oxygens (including phenoxy) is 1. The summed E-state index contributed by atoms with van der Waals surface area (Å²) < 4.78 is 23.8. The monoisotopic (exact) mass is 222 g/mol. The van der Waals surface area contributed by atoms with Gasteiger partial charge in [-0.2, -0.15) is 0 Å². The van der Waals surface area contributed by atoms with Gasteiger partial charge in [0.2, 0.25) is 5.89 Å². The zero-order chi connectivity index (χ0) is 11.0. The summed E-state index contributed by atoms with van der Waals surface area (Å²) in [7, 11) is 0. The number of rotatable bonds is 1. The van der Waals surface area contributed by atoms with Gasteiger partial charge in [-0.05, 0) is 12.1 Å². The lowest BCUT2D eigenvalue weighted by Gasteiger charge is -2.20. The molecule has 1 saturated heterocycles. The lowest BCUT2D eigenvalue weighted by atomic mass is 10.3. The highest BCUT2D eigenvalue weighted by atomic mass is 19.1. The van der Waals surface area contributed by atoms with Gasteiger partial charge in [0.05, 0.1) is 13.2 Å². The fraction of sp³-hybridized carbons (Fsp3) is 0.364. The van der Waals surface area contributed by atoms with Crippen LogP contribution in [0.1, 0.15) is 11.9 Å². The lowest BCUT2D eigenvalue weighted by Crippen LogP contribution is -2.34. The molecular formula is C11H11FN2O2. The molecule has 1 aliphatic heterocycles. The van der Waals surface area contributed by atoms with E-state index in [9.17, 15) is 4.39 Å². The van der Waals surface area contributed by atoms with Crippen LogP contribution in [0.15, 0.2) is 22.6 Å². The molecule has 4 nitrogen and oxygen atoms in total. The summed E-state index contributed by atoms with van der Waals surface area (Å²) in [5.41, 5.74) is 1.14. The summed E-state index contributed by atoms with van der Waals surface area (Å²) >= 11 is 0. The van der Waals surface area contributed by atoms with Crippen molar-refractivity contribution in [2.75, 3.05) is 19.8 Å². The van der Waals surface area contributed by atoms with Gasteiger partial charge in [0.15, 0.2) is 5.58 Å². The standard InChI is InChI=1S/C11H11FN2O2/c12-7-1-2-8-10(5-7)16-11(14-8)9-6-15-4-3-13-9/h1-2,5,9,13H,3-4,6H2. The minimum atomic E-state index is -0.317. The molecule has 1 atom stereocenters. The third-order valence-corrected chi connectivity index (χ3v) is 2.59. The Hall–Kier alpha value is -1.46. The molecule has 1 aromatic heterocycles. The fourth-order valence-electron chi connectivity index (χ4n) is 1.79. The van der Waals surface area contributed by atoms with Crippen LogP contribution in [0, 0.1) is 5.82 Å². The molecule has 1 fully saturated rings. The number of nitrogens with zero attached hydrogens (tertiary/aromatic N) is 1. The van der Waals surface area contributed by atoms with Crippen molar-refractivity contribution in [1.82, 2.24) is 10.3 Å². The maximum absolute atomic E-state index is 13.0. The topological polar surface area (TPSA) is 47.3 Å². The molecule has 1 aromatic carbocycles. The summed E-state index contributed by atoms with van der Waals surface area (Å²) in [4.78, 5) is 4.30. The molecule has 3 rings (SSSR count). The van der Waals surface area contributed by atoms with E-state index in [2.05, 4.69) is 10.3 Å². The Morgan fingerprint density at radius 2 is 2.38 bits per heavy atom. The van der Waals surface area contributed by atoms with Crippen LogP contribution in [0.2, 0.25) is 0 Å². The van der Waals surface area contributed by atoms with Crippen LogP contribution >= 0.6 is 0 Å². The number of halogens is 1. The average Bonchev–Trinajstić information content (AvgIpc) is 2.73. The van der Waals surface area contributed by atoms with Gasteiger partial charge in [-0.3, -0.25) is 0 Å². The molecule has 0 aliphatic carbocycles. The highest BCUT2D eigenvalue weighted by Gasteiger charge is 2.20. The molecule has 0 radical (unpaired) electrons. The first-order valence-electron chi connectivity index (χ1n) is 5.20. The molecule has 0 bridgehead atoms. The highest BCUT2D eigenvalue weighted by molar-refractivity contribution is 5.72. The van der Waals surface area contributed by atoms with E-state index in [1.807, 2.05) is 0 Å². The highest BCUT2D eigenvalue weighted by Crippen LogP contribution is 2.22. The number of nitrogens with one attached hydrogen (secondary N) is 1. The van der Waals surface area contributed by atoms with Crippen molar-refractivity contribution >= 4 is 11.1 Å². The molecule has 16 heavy (non-hydrogen) atoms. The average molecular weight is 222 g/mol. The number of hydrogen-bond acceptors (Lipinski definition) is 4. The molecule has 0 amide bonds. The van der Waals surface area contributed by atoms with E-state index in [0.717, 1.165) is 6.54 Å². The van der Waals surface area contributed by atoms with Crippen molar-refractivity contribution < 1.29 is 13.5 Å². The SMILES string of the molecule is Fc1ccc2nc(C3COCCN3)oc2c1. The van der Waals surface area contributed by atoms with Crippen molar-refractivity contribution in [2.24, 2.45) is 0 Å². The van der Waals surface area contributed by atoms with E-state index in [1.54, 1.807) is 6.07 Å². The molecule has 0 saturated carbocycles. The van der Waals surface area contributed by atoms with Gasteiger partial charge in [0.1, 0.15) is 17.4 Å². The molecule has 0 spiro atoms. The minimum absolute atomic E-state index is 0.0378. The van der Waals surface area contributed by atoms with Crippen LogP contribution in [-0.4, -0.2) is 24.7 Å². The predicted molar refractivity (Wildman–Crippen MR) is 55.5 cm³/mol. The summed E-state index contributed by atoms with van der Waals surface area (Å²) in [5.74, 6) is 0.239. The first-order chi connectivity index (χ1) is 7.83. The van der Waals surface area contributed by atoms with Gasteiger partial charge in [-0.1, -0.05) is 0 Å². The Labute approximate surface area is 91.4 Å². The van der Waals surface area contributed by atoms with Gasteiger partial charge < -0.3 is 14.5 Å². The number of hydrogen-bond donors (Lipinski definition) is 1. The first-order valence-corrected chi connectivity index (χ1v) is 5.20. The second kappa shape index (κ2) is 3.84. The summed E-state index contributed by atoms with van der Waals surface area (Å²) in [5, 5.41) is 3.24. The largest absolute Gasteiger partial charge is 0.439 e. The van der Waals surface area contributed by atoms with Crippen LogP contribution < -0.4 is 5.32 Å². The van der Waals surface area contributed by atoms with E-state index < -0.39 is 0 Å². The van der Waals surface area contributed by atoms with Crippen LogP contribution in [-0.2, 0) is 4.74 Å². The van der Waals surface area contributed by atoms with Gasteiger partial charge in [0.25, 0.3) is 0 Å². The van der Waals surface area contributed by atoms with Crippen molar-refractivity contribution in [3.63, 3.8) is 0 Å². The van der Waals surface area contributed by atoms with Gasteiger partial charge in [0, 0.05) is 12.6 Å². The predicted octanol–water partition coefficient (Wildman–Crippen LogP) is 1.63. The number of fused-ring (bicyclic) bond motifs is 1. The molecule has 1 unspecified atom stereocenters. The summed E-state index contributed by atoms with van der Waals surface area (Å²) in [6.45, 7) is 2.01. The van der Waals surface area contributed by atoms with Gasteiger partial charge in [-0.15, -0.1) is 0 Å². The molecule has 1 aliphatic rings. The third-order valence-electron chi connectivity index (χ3n) is 2.59. The van der Waals surface area contributed by atoms with Crippen LogP contribution in [0.5, 0.6) is 0 Å². The van der Waals surface area contributed by atoms with Gasteiger partial charge >= 0.3 is 0 Å². The van der Waals surface area contributed by atoms with E-state index >= 15 is 0 Å². The Morgan fingerprint density at radius 3 is 3.19 bits per heavy atom. The molecule has 84 valence electrons. The van der Waals surface area contributed by atoms with E-state index in [4.69, 9.17) is 9.15 Å². The van der Waals surface area contributed by atoms with Crippen LogP contribution in [0.4, 0.5) is 4.39 Å². The number of aromatic nitrogens is 1. The molecule has 2 heterocycles. The molecular weight excluding hydrogens is 211 g/mol. The summed E-state index contributed by atoms with van der Waals surface area (Å²) in [6.07, 6.45) is 0. The number of morpholine rings is 1. The Morgan fingerprint density at radius 1 is 1.44 bits per heavy atom. The minimum Gasteiger partial charge on any atom is -0.439 e. The Kier molecular flexibility index (Phi) is 2.34. The van der Waals surface area contributed by atoms with Crippen molar-refractivity contribution in [3.05, 3.63) is 29.9 Å². The quantitative estimate of drug-likeness (QED) is 0.796. The molecule has 2 aromatic rings. The maximum Gasteiger partial charge on any atom is 0.215 e. The van der Waals surface area contributed by atoms with Crippen LogP contribution in [0.25, 0.3) is 11.1 Å². The van der Waals surface area contributed by atoms with Gasteiger partial charge in [-0.25, -0.2) is 9.37 Å². The Balaban J connectivity index is 1.97.